The van der Waals surface area contributed by atoms with Crippen molar-refractivity contribution in [2.24, 2.45) is 0 Å². The van der Waals surface area contributed by atoms with Crippen LogP contribution in [0.15, 0.2) is 4.42 Å². The van der Waals surface area contributed by atoms with Crippen LogP contribution in [0.4, 0.5) is 0 Å². The molecule has 0 aliphatic heterocycles. The van der Waals surface area contributed by atoms with Crippen molar-refractivity contribution in [2.45, 2.75) is 0 Å². The van der Waals surface area contributed by atoms with Crippen LogP contribution in [0.1, 0.15) is 0 Å². The van der Waals surface area contributed by atoms with Crippen molar-refractivity contribution in [3.05, 3.63) is 0 Å². The van der Waals surface area contributed by atoms with Gasteiger partial charge in [-0.05, 0) is 81.9 Å². The third kappa shape index (κ3) is 7.30. The average Bonchev–Trinajstić information content (AvgIpc) is 4.05. The summed E-state index contributed by atoms with van der Waals surface area (Å²) in [5.41, 5.74) is 51.4. The summed E-state index contributed by atoms with van der Waals surface area (Å²) in [4.78, 5) is 0. The van der Waals surface area contributed by atoms with E-state index in [4.69, 9.17) is 4.42 Å². The number of rotatable bonds is 3. The van der Waals surface area contributed by atoms with Crippen molar-refractivity contribution < 1.29 is 4.42 Å². The van der Waals surface area contributed by atoms with Crippen molar-refractivity contribution >= 4 is 475 Å². The van der Waals surface area contributed by atoms with Gasteiger partial charge in [0.15, 0.2) is 0 Å². The number of hydrogen-bond donors (Lipinski definition) is 0. The molecule has 0 fully saturated rings. The Balaban J connectivity index is 1.35. The third-order valence-electron chi connectivity index (χ3n) is 23.5. The molecule has 31 heteroatoms. The fourth-order valence-corrected chi connectivity index (χ4v) is 16.5. The lowest BCUT2D eigenvalue weighted by Gasteiger charge is -2.33. The molecule has 1 aromatic heterocycles. The van der Waals surface area contributed by atoms with Gasteiger partial charge >= 0.3 is 0 Å². The van der Waals surface area contributed by atoms with Crippen LogP contribution in [-0.4, -0.2) is 235 Å². The summed E-state index contributed by atoms with van der Waals surface area (Å²) in [6.07, 6.45) is 0. The number of hydrogen-bond acceptors (Lipinski definition) is 1. The molecule has 11 aromatic rings. The second-order valence-electron chi connectivity index (χ2n) is 26.3. The molecule has 1 nitrogen and oxygen atoms in total. The Morgan fingerprint density at radius 3 is 0.679 bits per heavy atom. The minimum absolute atomic E-state index is 1.02. The quantitative estimate of drug-likeness (QED) is 0.0977. The van der Waals surface area contributed by atoms with Gasteiger partial charge in [-0.25, -0.2) is 0 Å². The largest absolute Gasteiger partial charge is 0.456 e. The molecule has 0 saturated carbocycles. The van der Waals surface area contributed by atoms with Crippen LogP contribution in [-0.2, 0) is 0 Å². The maximum Gasteiger partial charge on any atom is 0.143 e. The fourth-order valence-electron chi connectivity index (χ4n) is 16.5. The van der Waals surface area contributed by atoms with E-state index < -0.39 is 0 Å². The smallest absolute Gasteiger partial charge is 0.143 e. The summed E-state index contributed by atoms with van der Waals surface area (Å²) in [5.74, 6) is 0. The van der Waals surface area contributed by atoms with Gasteiger partial charge < -0.3 is 4.42 Å². The normalized spacial score (nSPS) is 12.0. The Morgan fingerprint density at radius 2 is 0.309 bits per heavy atom. The van der Waals surface area contributed by atoms with Crippen LogP contribution < -0.4 is 164 Å². The zero-order chi connectivity index (χ0) is 59.6. The molecule has 0 amide bonds. The minimum Gasteiger partial charge on any atom is -0.456 e. The maximum absolute atomic E-state index is 7.43. The van der Waals surface area contributed by atoms with Crippen molar-refractivity contribution in [1.82, 2.24) is 0 Å². The van der Waals surface area contributed by atoms with E-state index in [0.717, 1.165) is 11.2 Å². The van der Waals surface area contributed by atoms with Gasteiger partial charge in [0.2, 0.25) is 0 Å². The molecule has 11 rings (SSSR count). The van der Waals surface area contributed by atoms with E-state index in [1.54, 1.807) is 0 Å². The first-order valence-electron chi connectivity index (χ1n) is 30.2. The van der Waals surface area contributed by atoms with E-state index in [1.165, 1.54) is 262 Å². The molecule has 1 heterocycles. The Bertz CT molecular complexity index is 4820. The molecule has 0 aliphatic carbocycles. The van der Waals surface area contributed by atoms with E-state index >= 15 is 0 Å². The van der Waals surface area contributed by atoms with E-state index in [-0.39, 0.29) is 0 Å². The first kappa shape index (κ1) is 58.0. The van der Waals surface area contributed by atoms with Crippen LogP contribution in [0.25, 0.3) is 109 Å². The standard InChI is InChI=1S/C50H60B30O/c51-19-11(27(59)20(52)7-8-14(31(63)30(62)13(7)19)35(67)44(76)43(75)25(8)57)1-3-5(23(55)41(73)39(71)21(3)53)2(6-4(1)22(54)40(72)42(74)24(6)56)12-28(60)32(64)15(33(65)29(12)61)9-10-17-37(69)34(66)16-18(38(70)46(78)45(77)36(16)68)49(17)81-50(10)48(80)47(79)26(9)58/h51-80H2. The van der Waals surface area contributed by atoms with Crippen molar-refractivity contribution in [2.75, 3.05) is 0 Å². The molecule has 10 aromatic carbocycles. The van der Waals surface area contributed by atoms with E-state index in [2.05, 4.69) is 235 Å². The molecule has 0 spiro atoms. The fraction of sp³-hybridized carbons (Fsp3) is 0. The number of fused-ring (bicyclic) bond motifs is 10. The molecule has 0 unspecified atom stereocenters. The summed E-state index contributed by atoms with van der Waals surface area (Å²) in [6.45, 7) is 0. The summed E-state index contributed by atoms with van der Waals surface area (Å²) in [7, 11) is 71.4. The highest BCUT2D eigenvalue weighted by atomic mass is 16.3. The Hall–Kier alpha value is -4.75. The van der Waals surface area contributed by atoms with Crippen LogP contribution >= 0.6 is 0 Å². The number of furan rings is 1. The van der Waals surface area contributed by atoms with Gasteiger partial charge in [0.1, 0.15) is 247 Å². The van der Waals surface area contributed by atoms with Gasteiger partial charge in [-0.15, -0.1) is 43.7 Å². The SMILES string of the molecule is Bc1c(B)c(-c2c(B)c(B)c(B)c3oc4c5c(B)c(B)c(B)c(B)c5c(B)c(B)c4c23)c(B)c(B)c1-c1c2c(B)c(B)c(B)c(B)c2c(-c2c(B)c(B)c3c(c2B)c(B)c(B)c2c(B)c(B)c(B)c(B)c23)c2c(B)c(B)c(B)c(B)c12. The Kier molecular flexibility index (Phi) is 13.9. The first-order chi connectivity index (χ1) is 37.8. The van der Waals surface area contributed by atoms with Gasteiger partial charge in [0.05, 0.1) is 0 Å². The second kappa shape index (κ2) is 19.4. The van der Waals surface area contributed by atoms with Gasteiger partial charge in [0.25, 0.3) is 0 Å². The molecule has 0 atom stereocenters. The lowest BCUT2D eigenvalue weighted by atomic mass is 9.55. The number of benzene rings is 10. The van der Waals surface area contributed by atoms with E-state index in [1.807, 2.05) is 0 Å². The Morgan fingerprint density at radius 1 is 0.111 bits per heavy atom. The molecule has 0 aliphatic rings. The topological polar surface area (TPSA) is 13.1 Å². The van der Waals surface area contributed by atoms with Gasteiger partial charge in [-0.1, -0.05) is 120 Å². The predicted octanol–water partition coefficient (Wildman–Crippen LogP) is -37.9. The van der Waals surface area contributed by atoms with Gasteiger partial charge in [-0.2, -0.15) is 0 Å². The molecule has 0 bridgehead atoms. The van der Waals surface area contributed by atoms with Crippen LogP contribution in [0, 0.1) is 0 Å². The summed E-state index contributed by atoms with van der Waals surface area (Å²) in [6, 6.07) is 0. The van der Waals surface area contributed by atoms with Crippen LogP contribution in [0.5, 0.6) is 0 Å². The monoisotopic (exact) mass is 1010 g/mol. The first-order valence-corrected chi connectivity index (χ1v) is 30.2. The van der Waals surface area contributed by atoms with Crippen molar-refractivity contribution in [3.8, 4) is 33.4 Å². The highest BCUT2D eigenvalue weighted by molar-refractivity contribution is 6.79. The van der Waals surface area contributed by atoms with Gasteiger partial charge in [0, 0.05) is 16.2 Å². The molecular formula is C50H60B30O. The van der Waals surface area contributed by atoms with Crippen LogP contribution in [0.2, 0.25) is 0 Å². The molecule has 356 valence electrons. The molecule has 81 heavy (non-hydrogen) atoms. The van der Waals surface area contributed by atoms with Crippen molar-refractivity contribution in [1.29, 1.82) is 0 Å². The summed E-state index contributed by atoms with van der Waals surface area (Å²) < 4.78 is 7.43. The highest BCUT2D eigenvalue weighted by Gasteiger charge is 2.32. The average molecular weight is 1000 g/mol. The van der Waals surface area contributed by atoms with Crippen LogP contribution in [0.3, 0.4) is 0 Å². The third-order valence-corrected chi connectivity index (χ3v) is 23.5. The highest BCUT2D eigenvalue weighted by Crippen LogP contribution is 2.40. The molecular weight excluding hydrogens is 941 g/mol. The van der Waals surface area contributed by atoms with Crippen molar-refractivity contribution in [3.63, 3.8) is 0 Å². The van der Waals surface area contributed by atoms with E-state index in [0.29, 0.717) is 0 Å². The van der Waals surface area contributed by atoms with Gasteiger partial charge in [-0.3, -0.25) is 0 Å². The molecule has 0 N–H and O–H groups in total. The molecule has 0 radical (unpaired) electrons. The Labute approximate surface area is 509 Å². The predicted molar refractivity (Wildman–Crippen MR) is 463 cm³/mol. The minimum atomic E-state index is 1.02. The summed E-state index contributed by atoms with van der Waals surface area (Å²) in [5, 5.41) is 16.5. The molecule has 0 saturated heterocycles. The zero-order valence-electron chi connectivity index (χ0n) is 55.4. The summed E-state index contributed by atoms with van der Waals surface area (Å²) >= 11 is 0. The second-order valence-corrected chi connectivity index (χ2v) is 26.3. The lowest BCUT2D eigenvalue weighted by Crippen LogP contribution is -2.52. The maximum atomic E-state index is 7.43. The lowest BCUT2D eigenvalue weighted by molar-refractivity contribution is 0.676. The zero-order valence-corrected chi connectivity index (χ0v) is 55.4. The van der Waals surface area contributed by atoms with E-state index in [9.17, 15) is 0 Å².